The number of para-hydroxylation sites is 1. The molecule has 5 rings (SSSR count). The van der Waals surface area contributed by atoms with Crippen LogP contribution in [-0.4, -0.2) is 55.7 Å². The molecule has 1 unspecified atom stereocenters. The molecule has 0 radical (unpaired) electrons. The Morgan fingerprint density at radius 2 is 1.74 bits per heavy atom. The topological polar surface area (TPSA) is 27.7 Å². The zero-order valence-corrected chi connectivity index (χ0v) is 22.4. The van der Waals surface area contributed by atoms with Crippen molar-refractivity contribution in [3.05, 3.63) is 64.7 Å². The average molecular weight is 476 g/mol. The lowest BCUT2D eigenvalue weighted by atomic mass is 9.60. The SMILES string of the molecule is CCc1cccc(CN2CCN(C3CC4(CCNCC4)C3)C(c3ccccc3C(C)C)C2)c1OC. The number of methoxy groups -OCH3 is 1. The summed E-state index contributed by atoms with van der Waals surface area (Å²) in [5, 5.41) is 3.57. The van der Waals surface area contributed by atoms with Gasteiger partial charge in [-0.1, -0.05) is 63.2 Å². The Morgan fingerprint density at radius 3 is 2.46 bits per heavy atom. The van der Waals surface area contributed by atoms with Crippen LogP contribution in [0.2, 0.25) is 0 Å². The van der Waals surface area contributed by atoms with Crippen LogP contribution in [0, 0.1) is 5.41 Å². The van der Waals surface area contributed by atoms with Crippen LogP contribution < -0.4 is 10.1 Å². The summed E-state index contributed by atoms with van der Waals surface area (Å²) in [6.07, 6.45) is 6.52. The van der Waals surface area contributed by atoms with Gasteiger partial charge in [0.15, 0.2) is 0 Å². The van der Waals surface area contributed by atoms with Crippen molar-refractivity contribution in [1.29, 1.82) is 0 Å². The molecule has 3 fully saturated rings. The highest BCUT2D eigenvalue weighted by molar-refractivity contribution is 5.42. The minimum Gasteiger partial charge on any atom is -0.496 e. The molecule has 35 heavy (non-hydrogen) atoms. The van der Waals surface area contributed by atoms with Gasteiger partial charge in [-0.25, -0.2) is 0 Å². The predicted molar refractivity (Wildman–Crippen MR) is 145 cm³/mol. The van der Waals surface area contributed by atoms with Gasteiger partial charge < -0.3 is 10.1 Å². The van der Waals surface area contributed by atoms with E-state index in [1.54, 1.807) is 5.56 Å². The summed E-state index contributed by atoms with van der Waals surface area (Å²) in [5.41, 5.74) is 6.32. The molecule has 2 aliphatic heterocycles. The van der Waals surface area contributed by atoms with E-state index in [0.29, 0.717) is 17.4 Å². The highest BCUT2D eigenvalue weighted by Crippen LogP contribution is 2.52. The first-order valence-corrected chi connectivity index (χ1v) is 14.0. The standard InChI is InChI=1S/C31H45N3O/c1-5-24-9-8-10-25(30(24)35-4)21-33-17-18-34(26-19-31(20-26)13-15-32-16-14-31)29(22-33)28-12-7-6-11-27(28)23(2)3/h6-12,23,26,29,32H,5,13-22H2,1-4H3. The van der Waals surface area contributed by atoms with Gasteiger partial charge in [0.2, 0.25) is 0 Å². The molecule has 2 aromatic carbocycles. The number of piperidine rings is 1. The summed E-state index contributed by atoms with van der Waals surface area (Å²) in [6, 6.07) is 17.1. The van der Waals surface area contributed by atoms with Crippen molar-refractivity contribution in [2.45, 2.75) is 77.4 Å². The molecule has 1 spiro atoms. The molecule has 4 nitrogen and oxygen atoms in total. The molecule has 3 aliphatic rings. The van der Waals surface area contributed by atoms with Gasteiger partial charge in [0.05, 0.1) is 7.11 Å². The second-order valence-electron chi connectivity index (χ2n) is 11.5. The molecule has 2 aromatic rings. The van der Waals surface area contributed by atoms with Gasteiger partial charge in [-0.05, 0) is 73.2 Å². The fourth-order valence-electron chi connectivity index (χ4n) is 7.14. The van der Waals surface area contributed by atoms with Crippen molar-refractivity contribution in [1.82, 2.24) is 15.1 Å². The van der Waals surface area contributed by atoms with Crippen LogP contribution in [0.25, 0.3) is 0 Å². The van der Waals surface area contributed by atoms with E-state index in [9.17, 15) is 0 Å². The summed E-state index contributed by atoms with van der Waals surface area (Å²) in [6.45, 7) is 13.7. The van der Waals surface area contributed by atoms with Crippen LogP contribution in [0.5, 0.6) is 5.75 Å². The van der Waals surface area contributed by atoms with Crippen molar-refractivity contribution in [3.63, 3.8) is 0 Å². The fourth-order valence-corrected chi connectivity index (χ4v) is 7.14. The zero-order valence-electron chi connectivity index (χ0n) is 22.4. The first-order chi connectivity index (χ1) is 17.0. The molecular formula is C31H45N3O. The van der Waals surface area contributed by atoms with Crippen molar-refractivity contribution in [2.24, 2.45) is 5.41 Å². The van der Waals surface area contributed by atoms with Crippen molar-refractivity contribution < 1.29 is 4.74 Å². The van der Waals surface area contributed by atoms with Gasteiger partial charge >= 0.3 is 0 Å². The first-order valence-electron chi connectivity index (χ1n) is 14.0. The first kappa shape index (κ1) is 24.8. The van der Waals surface area contributed by atoms with Crippen LogP contribution in [0.1, 0.15) is 80.7 Å². The Kier molecular flexibility index (Phi) is 7.52. The van der Waals surface area contributed by atoms with E-state index in [2.05, 4.69) is 78.4 Å². The Balaban J connectivity index is 1.39. The number of hydrogen-bond donors (Lipinski definition) is 1. The Hall–Kier alpha value is -1.88. The third-order valence-corrected chi connectivity index (χ3v) is 9.11. The Morgan fingerprint density at radius 1 is 1.00 bits per heavy atom. The molecule has 0 bridgehead atoms. The number of hydrogen-bond acceptors (Lipinski definition) is 4. The number of nitrogens with zero attached hydrogens (tertiary/aromatic N) is 2. The van der Waals surface area contributed by atoms with E-state index in [1.165, 1.54) is 55.5 Å². The maximum Gasteiger partial charge on any atom is 0.126 e. The molecule has 0 amide bonds. The van der Waals surface area contributed by atoms with Gasteiger partial charge in [0.1, 0.15) is 5.75 Å². The van der Waals surface area contributed by atoms with E-state index < -0.39 is 0 Å². The molecular weight excluding hydrogens is 430 g/mol. The summed E-state index contributed by atoms with van der Waals surface area (Å²) < 4.78 is 5.88. The van der Waals surface area contributed by atoms with Gasteiger partial charge in [0.25, 0.3) is 0 Å². The van der Waals surface area contributed by atoms with Crippen molar-refractivity contribution >= 4 is 0 Å². The molecule has 2 saturated heterocycles. The summed E-state index contributed by atoms with van der Waals surface area (Å²) >= 11 is 0. The number of ether oxygens (including phenoxy) is 1. The second kappa shape index (κ2) is 10.6. The van der Waals surface area contributed by atoms with Crippen LogP contribution in [0.15, 0.2) is 42.5 Å². The van der Waals surface area contributed by atoms with E-state index in [0.717, 1.165) is 44.4 Å². The third-order valence-electron chi connectivity index (χ3n) is 9.11. The summed E-state index contributed by atoms with van der Waals surface area (Å²) in [7, 11) is 1.82. The highest BCUT2D eigenvalue weighted by atomic mass is 16.5. The van der Waals surface area contributed by atoms with Gasteiger partial charge in [0, 0.05) is 43.8 Å². The van der Waals surface area contributed by atoms with Gasteiger partial charge in [-0.3, -0.25) is 9.80 Å². The molecule has 190 valence electrons. The smallest absolute Gasteiger partial charge is 0.126 e. The van der Waals surface area contributed by atoms with E-state index in [4.69, 9.17) is 4.74 Å². The number of benzene rings is 2. The second-order valence-corrected chi connectivity index (χ2v) is 11.5. The number of aryl methyl sites for hydroxylation is 1. The average Bonchev–Trinajstić information content (AvgIpc) is 2.87. The summed E-state index contributed by atoms with van der Waals surface area (Å²) in [5.74, 6) is 1.63. The maximum atomic E-state index is 5.88. The largest absolute Gasteiger partial charge is 0.496 e. The minimum atomic E-state index is 0.465. The minimum absolute atomic E-state index is 0.465. The normalized spacial score (nSPS) is 23.5. The lowest BCUT2D eigenvalue weighted by Gasteiger charge is -2.57. The monoisotopic (exact) mass is 475 g/mol. The molecule has 1 saturated carbocycles. The van der Waals surface area contributed by atoms with Gasteiger partial charge in [-0.15, -0.1) is 0 Å². The van der Waals surface area contributed by atoms with Crippen LogP contribution in [-0.2, 0) is 13.0 Å². The molecule has 0 aromatic heterocycles. The quantitative estimate of drug-likeness (QED) is 0.550. The van der Waals surface area contributed by atoms with E-state index in [1.807, 2.05) is 7.11 Å². The van der Waals surface area contributed by atoms with Crippen LogP contribution in [0.3, 0.4) is 0 Å². The number of nitrogens with one attached hydrogen (secondary N) is 1. The van der Waals surface area contributed by atoms with Crippen LogP contribution in [0.4, 0.5) is 0 Å². The molecule has 1 atom stereocenters. The van der Waals surface area contributed by atoms with E-state index >= 15 is 0 Å². The van der Waals surface area contributed by atoms with Gasteiger partial charge in [-0.2, -0.15) is 0 Å². The van der Waals surface area contributed by atoms with Crippen molar-refractivity contribution in [3.8, 4) is 5.75 Å². The molecule has 1 N–H and O–H groups in total. The third kappa shape index (κ3) is 5.03. The highest BCUT2D eigenvalue weighted by Gasteiger charge is 2.49. The van der Waals surface area contributed by atoms with Crippen molar-refractivity contribution in [2.75, 3.05) is 39.8 Å². The molecule has 4 heteroatoms. The number of rotatable bonds is 7. The zero-order chi connectivity index (χ0) is 24.4. The Bertz CT molecular complexity index is 988. The maximum absolute atomic E-state index is 5.88. The molecule has 1 aliphatic carbocycles. The molecule has 2 heterocycles. The lowest BCUT2D eigenvalue weighted by molar-refractivity contribution is -0.0651. The fraction of sp³-hybridized carbons (Fsp3) is 0.613. The lowest BCUT2D eigenvalue weighted by Crippen LogP contribution is -2.59. The summed E-state index contributed by atoms with van der Waals surface area (Å²) in [4.78, 5) is 5.57. The van der Waals surface area contributed by atoms with E-state index in [-0.39, 0.29) is 0 Å². The predicted octanol–water partition coefficient (Wildman–Crippen LogP) is 5.77. The van der Waals surface area contributed by atoms with Crippen LogP contribution >= 0.6 is 0 Å². The number of piperazine rings is 1. The Labute approximate surface area is 213 Å².